The zero-order valence-corrected chi connectivity index (χ0v) is 14.0. The van der Waals surface area contributed by atoms with Gasteiger partial charge in [0.05, 0.1) is 20.6 Å². The molecule has 2 rings (SSSR count). The van der Waals surface area contributed by atoms with Crippen LogP contribution in [-0.4, -0.2) is 26.1 Å². The van der Waals surface area contributed by atoms with Crippen LogP contribution in [0.25, 0.3) is 0 Å². The van der Waals surface area contributed by atoms with Gasteiger partial charge < -0.3 is 14.8 Å². The number of benzene rings is 2. The third-order valence-corrected chi connectivity index (χ3v) is 3.53. The maximum Gasteiger partial charge on any atom is 0.341 e. The average molecular weight is 389 g/mol. The van der Waals surface area contributed by atoms with Crippen molar-refractivity contribution in [1.82, 2.24) is 0 Å². The Bertz CT molecular complexity index is 888. The minimum absolute atomic E-state index is 0.0379. The number of carbonyl (C=O) groups excluding carboxylic acids is 2. The molecule has 0 saturated carbocycles. The molecule has 0 radical (unpaired) electrons. The van der Waals surface area contributed by atoms with E-state index in [9.17, 15) is 31.5 Å². The van der Waals surface area contributed by atoms with Crippen LogP contribution in [0.5, 0.6) is 5.75 Å². The SMILES string of the molecule is COC(=O)c1ccc(NC(=O)Cc2c(F)c(F)c(F)c(F)c2F)cc1OC. The van der Waals surface area contributed by atoms with Gasteiger partial charge in [-0.25, -0.2) is 26.7 Å². The standard InChI is InChI=1S/C17H12F5NO4/c1-26-10-5-7(3-4-8(10)17(25)27-2)23-11(24)6-9-12(18)14(20)16(22)15(21)13(9)19/h3-5H,6H2,1-2H3,(H,23,24). The van der Waals surface area contributed by atoms with E-state index in [1.165, 1.54) is 25.3 Å². The quantitative estimate of drug-likeness (QED) is 0.369. The smallest absolute Gasteiger partial charge is 0.341 e. The molecule has 0 aliphatic carbocycles. The van der Waals surface area contributed by atoms with Crippen molar-refractivity contribution < 1.29 is 41.0 Å². The summed E-state index contributed by atoms with van der Waals surface area (Å²) in [6, 6.07) is 3.76. The summed E-state index contributed by atoms with van der Waals surface area (Å²) in [5.74, 6) is -12.5. The van der Waals surface area contributed by atoms with Gasteiger partial charge in [0.1, 0.15) is 11.3 Å². The van der Waals surface area contributed by atoms with E-state index in [0.717, 1.165) is 7.11 Å². The fourth-order valence-electron chi connectivity index (χ4n) is 2.22. The molecule has 0 saturated heterocycles. The molecule has 2 aromatic carbocycles. The number of ether oxygens (including phenoxy) is 2. The van der Waals surface area contributed by atoms with Crippen molar-refractivity contribution in [3.05, 3.63) is 58.4 Å². The molecule has 10 heteroatoms. The molecular weight excluding hydrogens is 377 g/mol. The number of rotatable bonds is 5. The van der Waals surface area contributed by atoms with Crippen LogP contribution in [0.15, 0.2) is 18.2 Å². The van der Waals surface area contributed by atoms with Crippen LogP contribution in [0.4, 0.5) is 27.6 Å². The van der Waals surface area contributed by atoms with Crippen molar-refractivity contribution in [3.63, 3.8) is 0 Å². The monoisotopic (exact) mass is 389 g/mol. The minimum atomic E-state index is -2.31. The second-order valence-corrected chi connectivity index (χ2v) is 5.18. The number of carbonyl (C=O) groups is 2. The van der Waals surface area contributed by atoms with E-state index < -0.39 is 52.9 Å². The van der Waals surface area contributed by atoms with Gasteiger partial charge in [-0.05, 0) is 12.1 Å². The number of nitrogens with one attached hydrogen (secondary N) is 1. The summed E-state index contributed by atoms with van der Waals surface area (Å²) >= 11 is 0. The normalized spacial score (nSPS) is 10.5. The van der Waals surface area contributed by atoms with Gasteiger partial charge in [-0.2, -0.15) is 0 Å². The first kappa shape index (κ1) is 20.1. The summed E-state index contributed by atoms with van der Waals surface area (Å²) in [5.41, 5.74) is -1.15. The molecule has 1 N–H and O–H groups in total. The number of methoxy groups -OCH3 is 2. The van der Waals surface area contributed by atoms with E-state index >= 15 is 0 Å². The first-order valence-corrected chi connectivity index (χ1v) is 7.27. The minimum Gasteiger partial charge on any atom is -0.496 e. The number of halogens is 5. The fourth-order valence-corrected chi connectivity index (χ4v) is 2.22. The Morgan fingerprint density at radius 1 is 0.926 bits per heavy atom. The zero-order chi connectivity index (χ0) is 20.3. The van der Waals surface area contributed by atoms with Crippen LogP contribution in [-0.2, 0) is 16.0 Å². The summed E-state index contributed by atoms with van der Waals surface area (Å²) in [7, 11) is 2.41. The first-order valence-electron chi connectivity index (χ1n) is 7.27. The predicted octanol–water partition coefficient (Wildman–Crippen LogP) is 3.36. The van der Waals surface area contributed by atoms with Gasteiger partial charge in [-0.1, -0.05) is 0 Å². The summed E-state index contributed by atoms with van der Waals surface area (Å²) in [6.07, 6.45) is -1.10. The predicted molar refractivity (Wildman–Crippen MR) is 82.9 cm³/mol. The lowest BCUT2D eigenvalue weighted by molar-refractivity contribution is -0.115. The largest absolute Gasteiger partial charge is 0.496 e. The van der Waals surface area contributed by atoms with Crippen LogP contribution in [0.3, 0.4) is 0 Å². The zero-order valence-electron chi connectivity index (χ0n) is 14.0. The molecule has 2 aromatic rings. The molecule has 0 atom stereocenters. The van der Waals surface area contributed by atoms with E-state index in [-0.39, 0.29) is 17.0 Å². The summed E-state index contributed by atoms with van der Waals surface area (Å²) in [6.45, 7) is 0. The van der Waals surface area contributed by atoms with Gasteiger partial charge in [0.15, 0.2) is 23.3 Å². The molecule has 0 heterocycles. The van der Waals surface area contributed by atoms with E-state index in [0.29, 0.717) is 0 Å². The Morgan fingerprint density at radius 2 is 1.48 bits per heavy atom. The van der Waals surface area contributed by atoms with Crippen LogP contribution in [0, 0.1) is 29.1 Å². The van der Waals surface area contributed by atoms with E-state index in [1.807, 2.05) is 0 Å². The van der Waals surface area contributed by atoms with Crippen LogP contribution in [0.1, 0.15) is 15.9 Å². The molecule has 0 spiro atoms. The van der Waals surface area contributed by atoms with Gasteiger partial charge in [0.2, 0.25) is 11.7 Å². The Kier molecular flexibility index (Phi) is 5.98. The molecule has 144 valence electrons. The maximum absolute atomic E-state index is 13.6. The Labute approximate surface area is 149 Å². The van der Waals surface area contributed by atoms with Crippen LogP contribution in [0.2, 0.25) is 0 Å². The highest BCUT2D eigenvalue weighted by Gasteiger charge is 2.27. The Hall–Kier alpha value is -3.17. The number of esters is 1. The van der Waals surface area contributed by atoms with Crippen molar-refractivity contribution >= 4 is 17.6 Å². The van der Waals surface area contributed by atoms with Crippen LogP contribution >= 0.6 is 0 Å². The average Bonchev–Trinajstić information content (AvgIpc) is 2.67. The van der Waals surface area contributed by atoms with Crippen molar-refractivity contribution in [2.24, 2.45) is 0 Å². The number of amides is 1. The van der Waals surface area contributed by atoms with E-state index in [2.05, 4.69) is 10.1 Å². The second kappa shape index (κ2) is 8.02. The van der Waals surface area contributed by atoms with Crippen molar-refractivity contribution in [3.8, 4) is 5.75 Å². The molecule has 0 aromatic heterocycles. The topological polar surface area (TPSA) is 64.6 Å². The Morgan fingerprint density at radius 3 is 2.00 bits per heavy atom. The molecule has 27 heavy (non-hydrogen) atoms. The van der Waals surface area contributed by atoms with Crippen molar-refractivity contribution in [1.29, 1.82) is 0 Å². The molecule has 5 nitrogen and oxygen atoms in total. The lowest BCUT2D eigenvalue weighted by atomic mass is 10.1. The van der Waals surface area contributed by atoms with Gasteiger partial charge in [0.25, 0.3) is 0 Å². The van der Waals surface area contributed by atoms with Gasteiger partial charge in [-0.3, -0.25) is 4.79 Å². The molecule has 0 unspecified atom stereocenters. The number of anilines is 1. The first-order chi connectivity index (χ1) is 12.7. The molecule has 0 aliphatic heterocycles. The van der Waals surface area contributed by atoms with Gasteiger partial charge in [-0.15, -0.1) is 0 Å². The molecule has 0 aliphatic rings. The summed E-state index contributed by atoms with van der Waals surface area (Å²) < 4.78 is 76.2. The molecule has 0 fully saturated rings. The number of hydrogen-bond donors (Lipinski definition) is 1. The second-order valence-electron chi connectivity index (χ2n) is 5.18. The molecule has 0 bridgehead atoms. The Balaban J connectivity index is 2.26. The third kappa shape index (κ3) is 3.99. The summed E-state index contributed by atoms with van der Waals surface area (Å²) in [4.78, 5) is 23.5. The van der Waals surface area contributed by atoms with Crippen molar-refractivity contribution in [2.45, 2.75) is 6.42 Å². The van der Waals surface area contributed by atoms with E-state index in [1.54, 1.807) is 0 Å². The highest BCUT2D eigenvalue weighted by atomic mass is 19.2. The van der Waals surface area contributed by atoms with Gasteiger partial charge >= 0.3 is 5.97 Å². The molecule has 1 amide bonds. The fraction of sp³-hybridized carbons (Fsp3) is 0.176. The van der Waals surface area contributed by atoms with Crippen LogP contribution < -0.4 is 10.1 Å². The summed E-state index contributed by atoms with van der Waals surface area (Å²) in [5, 5.41) is 2.21. The lowest BCUT2D eigenvalue weighted by Gasteiger charge is -2.11. The number of hydrogen-bond acceptors (Lipinski definition) is 4. The lowest BCUT2D eigenvalue weighted by Crippen LogP contribution is -2.18. The maximum atomic E-state index is 13.6. The van der Waals surface area contributed by atoms with Crippen molar-refractivity contribution in [2.75, 3.05) is 19.5 Å². The highest BCUT2D eigenvalue weighted by Crippen LogP contribution is 2.26. The van der Waals surface area contributed by atoms with Gasteiger partial charge in [0, 0.05) is 17.3 Å². The highest BCUT2D eigenvalue weighted by molar-refractivity contribution is 5.96. The molecular formula is C17H12F5NO4. The third-order valence-electron chi connectivity index (χ3n) is 3.53. The van der Waals surface area contributed by atoms with E-state index in [4.69, 9.17) is 4.74 Å².